The van der Waals surface area contributed by atoms with Gasteiger partial charge in [-0.3, -0.25) is 0 Å². The van der Waals surface area contributed by atoms with Gasteiger partial charge in [-0.2, -0.15) is 0 Å². The summed E-state index contributed by atoms with van der Waals surface area (Å²) in [6.45, 7) is 10.2. The first-order chi connectivity index (χ1) is 8.59. The Morgan fingerprint density at radius 1 is 1.39 bits per heavy atom. The van der Waals surface area contributed by atoms with Gasteiger partial charge in [-0.05, 0) is 43.5 Å². The Morgan fingerprint density at radius 2 is 2.17 bits per heavy atom. The van der Waals surface area contributed by atoms with Gasteiger partial charge in [0, 0.05) is 29.3 Å². The maximum Gasteiger partial charge on any atom is 0.0407 e. The minimum Gasteiger partial charge on any atom is -0.370 e. The van der Waals surface area contributed by atoms with Crippen LogP contribution in [0, 0.1) is 12.8 Å². The van der Waals surface area contributed by atoms with Crippen LogP contribution in [-0.4, -0.2) is 25.7 Å². The third kappa shape index (κ3) is 3.07. The summed E-state index contributed by atoms with van der Waals surface area (Å²) in [6.07, 6.45) is 1.22. The van der Waals surface area contributed by atoms with Crippen LogP contribution in [0.3, 0.4) is 0 Å². The van der Waals surface area contributed by atoms with Crippen LogP contribution < -0.4 is 10.2 Å². The predicted octanol–water partition coefficient (Wildman–Crippen LogP) is 3.58. The summed E-state index contributed by atoms with van der Waals surface area (Å²) in [7, 11) is 0. The van der Waals surface area contributed by atoms with Gasteiger partial charge < -0.3 is 10.2 Å². The smallest absolute Gasteiger partial charge is 0.0407 e. The van der Waals surface area contributed by atoms with Crippen molar-refractivity contribution in [3.8, 4) is 0 Å². The van der Waals surface area contributed by atoms with Crippen LogP contribution in [0.5, 0.6) is 0 Å². The van der Waals surface area contributed by atoms with Gasteiger partial charge >= 0.3 is 0 Å². The Labute approximate surface area is 119 Å². The molecule has 1 saturated heterocycles. The lowest BCUT2D eigenvalue weighted by Gasteiger charge is -2.30. The first kappa shape index (κ1) is 13.9. The summed E-state index contributed by atoms with van der Waals surface area (Å²) in [5.41, 5.74) is 2.72. The van der Waals surface area contributed by atoms with E-state index in [1.165, 1.54) is 22.1 Å². The molecule has 0 radical (unpaired) electrons. The quantitative estimate of drug-likeness (QED) is 0.898. The first-order valence-corrected chi connectivity index (χ1v) is 7.62. The molecule has 2 rings (SSSR count). The minimum absolute atomic E-state index is 0.589. The second-order valence-corrected chi connectivity index (χ2v) is 6.34. The van der Waals surface area contributed by atoms with Crippen LogP contribution in [0.2, 0.25) is 0 Å². The lowest BCUT2D eigenvalue weighted by Crippen LogP contribution is -2.41. The molecule has 1 aromatic rings. The van der Waals surface area contributed by atoms with Gasteiger partial charge in [-0.25, -0.2) is 0 Å². The van der Waals surface area contributed by atoms with Crippen molar-refractivity contribution in [1.82, 2.24) is 5.32 Å². The zero-order valence-corrected chi connectivity index (χ0v) is 13.1. The van der Waals surface area contributed by atoms with Crippen molar-refractivity contribution >= 4 is 21.6 Å². The summed E-state index contributed by atoms with van der Waals surface area (Å²) in [4.78, 5) is 2.53. The van der Waals surface area contributed by atoms with Gasteiger partial charge in [-0.1, -0.05) is 35.8 Å². The summed E-state index contributed by atoms with van der Waals surface area (Å²) in [5.74, 6) is 0.679. The molecule has 1 unspecified atom stereocenters. The molecule has 1 fully saturated rings. The molecule has 1 aromatic carbocycles. The lowest BCUT2D eigenvalue weighted by atomic mass is 10.0. The molecule has 2 nitrogen and oxygen atoms in total. The molecule has 0 aromatic heterocycles. The minimum atomic E-state index is 0.589. The average molecular weight is 311 g/mol. The molecular weight excluding hydrogens is 288 g/mol. The first-order valence-electron chi connectivity index (χ1n) is 6.83. The van der Waals surface area contributed by atoms with Crippen LogP contribution in [0.1, 0.15) is 25.8 Å². The number of hydrogen-bond donors (Lipinski definition) is 1. The van der Waals surface area contributed by atoms with E-state index in [1.54, 1.807) is 0 Å². The highest BCUT2D eigenvalue weighted by Crippen LogP contribution is 2.28. The number of halogens is 1. The van der Waals surface area contributed by atoms with E-state index in [-0.39, 0.29) is 0 Å². The van der Waals surface area contributed by atoms with E-state index in [9.17, 15) is 0 Å². The fourth-order valence-corrected chi connectivity index (χ4v) is 2.91. The summed E-state index contributed by atoms with van der Waals surface area (Å²) in [6, 6.07) is 7.08. The summed E-state index contributed by atoms with van der Waals surface area (Å²) >= 11 is 3.63. The van der Waals surface area contributed by atoms with Crippen molar-refractivity contribution in [2.24, 2.45) is 5.92 Å². The number of rotatable bonds is 2. The van der Waals surface area contributed by atoms with Gasteiger partial charge in [0.2, 0.25) is 0 Å². The predicted molar refractivity (Wildman–Crippen MR) is 82.3 cm³/mol. The third-order valence-corrected chi connectivity index (χ3v) is 4.67. The lowest BCUT2D eigenvalue weighted by molar-refractivity contribution is 0.420. The van der Waals surface area contributed by atoms with Gasteiger partial charge in [0.15, 0.2) is 0 Å². The van der Waals surface area contributed by atoms with Crippen LogP contribution in [0.25, 0.3) is 0 Å². The molecule has 1 aliphatic heterocycles. The maximum absolute atomic E-state index is 3.66. The van der Waals surface area contributed by atoms with Crippen LogP contribution in [0.4, 0.5) is 5.69 Å². The normalized spacial score (nSPS) is 21.2. The van der Waals surface area contributed by atoms with E-state index >= 15 is 0 Å². The van der Waals surface area contributed by atoms with Gasteiger partial charge in [0.25, 0.3) is 0 Å². The second-order valence-electron chi connectivity index (χ2n) is 5.49. The molecule has 0 spiro atoms. The molecule has 1 atom stereocenters. The Morgan fingerprint density at radius 3 is 2.89 bits per heavy atom. The third-order valence-electron chi connectivity index (χ3n) is 3.81. The van der Waals surface area contributed by atoms with Crippen LogP contribution in [0.15, 0.2) is 22.7 Å². The molecular formula is C15H23BrN2. The second kappa shape index (κ2) is 6.07. The zero-order valence-electron chi connectivity index (χ0n) is 11.5. The Bertz CT molecular complexity index is 403. The number of nitrogens with one attached hydrogen (secondary N) is 1. The number of nitrogens with zero attached hydrogens (tertiary/aromatic N) is 1. The highest BCUT2D eigenvalue weighted by Gasteiger charge is 2.21. The van der Waals surface area contributed by atoms with Crippen molar-refractivity contribution < 1.29 is 0 Å². The number of hydrogen-bond acceptors (Lipinski definition) is 2. The summed E-state index contributed by atoms with van der Waals surface area (Å²) < 4.78 is 1.21. The zero-order chi connectivity index (χ0) is 13.1. The van der Waals surface area contributed by atoms with Crippen molar-refractivity contribution in [1.29, 1.82) is 0 Å². The summed E-state index contributed by atoms with van der Waals surface area (Å²) in [5, 5.41) is 3.66. The van der Waals surface area contributed by atoms with Crippen LogP contribution >= 0.6 is 15.9 Å². The van der Waals surface area contributed by atoms with Crippen molar-refractivity contribution in [3.63, 3.8) is 0 Å². The Balaban J connectivity index is 2.22. The number of anilines is 1. The monoisotopic (exact) mass is 310 g/mol. The van der Waals surface area contributed by atoms with Gasteiger partial charge in [-0.15, -0.1) is 0 Å². The Hall–Kier alpha value is -0.540. The molecule has 0 bridgehead atoms. The molecule has 0 aliphatic carbocycles. The van der Waals surface area contributed by atoms with Crippen LogP contribution in [-0.2, 0) is 0 Å². The molecule has 100 valence electrons. The standard InChI is InChI=1S/C15H23BrN2/c1-11(2)14-10-18(9-5-8-17-14)15-7-4-6-13(16)12(15)3/h4,6-7,11,14,17H,5,8-10H2,1-3H3. The highest BCUT2D eigenvalue weighted by molar-refractivity contribution is 9.10. The fraction of sp³-hybridized carbons (Fsp3) is 0.600. The van der Waals surface area contributed by atoms with Crippen molar-refractivity contribution in [2.45, 2.75) is 33.2 Å². The van der Waals surface area contributed by atoms with E-state index in [1.807, 2.05) is 0 Å². The van der Waals surface area contributed by atoms with E-state index < -0.39 is 0 Å². The molecule has 1 heterocycles. The fourth-order valence-electron chi connectivity index (χ4n) is 2.55. The molecule has 0 amide bonds. The molecule has 18 heavy (non-hydrogen) atoms. The Kier molecular flexibility index (Phi) is 4.68. The molecule has 0 saturated carbocycles. The largest absolute Gasteiger partial charge is 0.370 e. The number of benzene rings is 1. The maximum atomic E-state index is 3.66. The van der Waals surface area contributed by atoms with Gasteiger partial charge in [0.05, 0.1) is 0 Å². The van der Waals surface area contributed by atoms with E-state index in [2.05, 4.69) is 65.1 Å². The van der Waals surface area contributed by atoms with Gasteiger partial charge in [0.1, 0.15) is 0 Å². The average Bonchev–Trinajstić information content (AvgIpc) is 2.58. The topological polar surface area (TPSA) is 15.3 Å². The molecule has 1 aliphatic rings. The molecule has 3 heteroatoms. The SMILES string of the molecule is Cc1c(Br)cccc1N1CCCNC(C(C)C)C1. The van der Waals surface area contributed by atoms with Crippen molar-refractivity contribution in [2.75, 3.05) is 24.5 Å². The van der Waals surface area contributed by atoms with Crippen molar-refractivity contribution in [3.05, 3.63) is 28.2 Å². The van der Waals surface area contributed by atoms with E-state index in [0.717, 1.165) is 19.6 Å². The highest BCUT2D eigenvalue weighted by atomic mass is 79.9. The molecule has 1 N–H and O–H groups in total. The van der Waals surface area contributed by atoms with E-state index in [0.29, 0.717) is 12.0 Å². The van der Waals surface area contributed by atoms with E-state index in [4.69, 9.17) is 0 Å².